The number of unbranched alkanes of at least 4 members (excludes halogenated alkanes) is 1. The summed E-state index contributed by atoms with van der Waals surface area (Å²) in [6, 6.07) is 0.712. The maximum Gasteiger partial charge on any atom is 0.0431 e. The van der Waals surface area contributed by atoms with Crippen LogP contribution in [0.2, 0.25) is 0 Å². The first-order chi connectivity index (χ1) is 6.65. The Hall–Kier alpha value is -0.120. The number of likely N-dealkylation sites (N-methyl/N-ethyl adjacent to an activating group) is 1. The van der Waals surface area contributed by atoms with Crippen LogP contribution in [0.3, 0.4) is 0 Å². The van der Waals surface area contributed by atoms with Gasteiger partial charge in [0, 0.05) is 25.7 Å². The Kier molecular flexibility index (Phi) is 4.85. The molecule has 3 heteroatoms. The number of hydrogen-bond acceptors (Lipinski definition) is 3. The molecule has 0 amide bonds. The van der Waals surface area contributed by atoms with E-state index in [1.807, 2.05) is 0 Å². The van der Waals surface area contributed by atoms with Crippen LogP contribution >= 0.6 is 0 Å². The van der Waals surface area contributed by atoms with Crippen molar-refractivity contribution in [3.63, 3.8) is 0 Å². The molecule has 0 bridgehead atoms. The summed E-state index contributed by atoms with van der Waals surface area (Å²) in [5.41, 5.74) is 0. The number of likely N-dealkylation sites (tertiary alicyclic amines) is 1. The highest BCUT2D eigenvalue weighted by molar-refractivity contribution is 4.86. The highest BCUT2D eigenvalue weighted by Crippen LogP contribution is 2.19. The maximum absolute atomic E-state index is 8.71. The lowest BCUT2D eigenvalue weighted by Gasteiger charge is -2.22. The van der Waals surface area contributed by atoms with E-state index < -0.39 is 0 Å². The van der Waals surface area contributed by atoms with Crippen molar-refractivity contribution in [2.75, 3.05) is 40.3 Å². The van der Waals surface area contributed by atoms with Gasteiger partial charge in [-0.05, 0) is 39.4 Å². The monoisotopic (exact) mass is 200 g/mol. The van der Waals surface area contributed by atoms with Crippen molar-refractivity contribution < 1.29 is 5.11 Å². The fourth-order valence-corrected chi connectivity index (χ4v) is 2.35. The van der Waals surface area contributed by atoms with Gasteiger partial charge in [-0.25, -0.2) is 0 Å². The molecule has 1 fully saturated rings. The van der Waals surface area contributed by atoms with Gasteiger partial charge in [0.15, 0.2) is 0 Å². The van der Waals surface area contributed by atoms with E-state index >= 15 is 0 Å². The molecule has 0 saturated carbocycles. The fourth-order valence-electron chi connectivity index (χ4n) is 2.35. The molecule has 0 aromatic rings. The minimum absolute atomic E-state index is 0.334. The van der Waals surface area contributed by atoms with E-state index in [0.717, 1.165) is 25.3 Å². The van der Waals surface area contributed by atoms with Crippen LogP contribution in [0.5, 0.6) is 0 Å². The van der Waals surface area contributed by atoms with E-state index in [1.165, 1.54) is 13.1 Å². The van der Waals surface area contributed by atoms with Crippen LogP contribution in [0.4, 0.5) is 0 Å². The second kappa shape index (κ2) is 5.69. The van der Waals surface area contributed by atoms with Crippen LogP contribution in [0.25, 0.3) is 0 Å². The number of nitrogens with zero attached hydrogens (tertiary/aromatic N) is 2. The molecule has 3 nitrogen and oxygen atoms in total. The van der Waals surface area contributed by atoms with Crippen LogP contribution in [0, 0.1) is 5.92 Å². The normalized spacial score (nSPS) is 28.9. The van der Waals surface area contributed by atoms with Crippen molar-refractivity contribution in [3.8, 4) is 0 Å². The smallest absolute Gasteiger partial charge is 0.0431 e. The molecule has 1 rings (SSSR count). The third-order valence-corrected chi connectivity index (χ3v) is 3.19. The lowest BCUT2D eigenvalue weighted by molar-refractivity contribution is 0.242. The Morgan fingerprint density at radius 1 is 1.29 bits per heavy atom. The van der Waals surface area contributed by atoms with Gasteiger partial charge >= 0.3 is 0 Å². The average Bonchev–Trinajstić information content (AvgIpc) is 2.47. The SMILES string of the molecule is CC1CN(CCCCO)CC1N(C)C. The number of hydrogen-bond donors (Lipinski definition) is 1. The van der Waals surface area contributed by atoms with Gasteiger partial charge in [-0.3, -0.25) is 0 Å². The summed E-state index contributed by atoms with van der Waals surface area (Å²) in [5.74, 6) is 0.777. The standard InChI is InChI=1S/C11H24N2O/c1-10-8-13(6-4-5-7-14)9-11(10)12(2)3/h10-11,14H,4-9H2,1-3H3. The molecular weight excluding hydrogens is 176 g/mol. The van der Waals surface area contributed by atoms with Gasteiger partial charge in [-0.15, -0.1) is 0 Å². The first kappa shape index (κ1) is 12.0. The predicted molar refractivity (Wildman–Crippen MR) is 59.4 cm³/mol. The van der Waals surface area contributed by atoms with Crippen molar-refractivity contribution in [3.05, 3.63) is 0 Å². The summed E-state index contributed by atoms with van der Waals surface area (Å²) in [7, 11) is 4.33. The molecule has 1 saturated heterocycles. The van der Waals surface area contributed by atoms with Crippen LogP contribution in [-0.2, 0) is 0 Å². The summed E-state index contributed by atoms with van der Waals surface area (Å²) >= 11 is 0. The van der Waals surface area contributed by atoms with Crippen LogP contribution in [-0.4, -0.2) is 61.3 Å². The van der Waals surface area contributed by atoms with Gasteiger partial charge in [0.2, 0.25) is 0 Å². The second-order valence-corrected chi connectivity index (χ2v) is 4.70. The average molecular weight is 200 g/mol. The molecule has 0 aromatic heterocycles. The summed E-state index contributed by atoms with van der Waals surface area (Å²) < 4.78 is 0. The molecular formula is C11H24N2O. The first-order valence-corrected chi connectivity index (χ1v) is 5.64. The zero-order valence-electron chi connectivity index (χ0n) is 9.74. The van der Waals surface area contributed by atoms with Gasteiger partial charge in [0.25, 0.3) is 0 Å². The number of aliphatic hydroxyl groups excluding tert-OH is 1. The minimum Gasteiger partial charge on any atom is -0.396 e. The summed E-state index contributed by atoms with van der Waals surface area (Å²) in [6.45, 7) is 6.22. The van der Waals surface area contributed by atoms with Crippen LogP contribution < -0.4 is 0 Å². The van der Waals surface area contributed by atoms with Gasteiger partial charge in [0.1, 0.15) is 0 Å². The molecule has 0 radical (unpaired) electrons. The maximum atomic E-state index is 8.71. The largest absolute Gasteiger partial charge is 0.396 e. The zero-order chi connectivity index (χ0) is 10.6. The van der Waals surface area contributed by atoms with Crippen molar-refractivity contribution in [2.45, 2.75) is 25.8 Å². The molecule has 1 heterocycles. The van der Waals surface area contributed by atoms with Gasteiger partial charge in [-0.1, -0.05) is 6.92 Å². The Bertz CT molecular complexity index is 161. The van der Waals surface area contributed by atoms with E-state index in [0.29, 0.717) is 12.6 Å². The van der Waals surface area contributed by atoms with E-state index in [-0.39, 0.29) is 0 Å². The summed E-state index contributed by atoms with van der Waals surface area (Å²) in [5, 5.41) is 8.71. The highest BCUT2D eigenvalue weighted by Gasteiger charge is 2.30. The Labute approximate surface area is 87.7 Å². The fraction of sp³-hybridized carbons (Fsp3) is 1.00. The van der Waals surface area contributed by atoms with Crippen molar-refractivity contribution >= 4 is 0 Å². The van der Waals surface area contributed by atoms with Crippen LogP contribution in [0.15, 0.2) is 0 Å². The van der Waals surface area contributed by atoms with Crippen molar-refractivity contribution in [1.82, 2.24) is 9.80 Å². The van der Waals surface area contributed by atoms with E-state index in [9.17, 15) is 0 Å². The Morgan fingerprint density at radius 3 is 2.50 bits per heavy atom. The Morgan fingerprint density at radius 2 is 2.00 bits per heavy atom. The van der Waals surface area contributed by atoms with Crippen molar-refractivity contribution in [2.24, 2.45) is 5.92 Å². The Balaban J connectivity index is 2.24. The van der Waals surface area contributed by atoms with Gasteiger partial charge in [-0.2, -0.15) is 0 Å². The lowest BCUT2D eigenvalue weighted by atomic mass is 10.1. The predicted octanol–water partition coefficient (Wildman–Crippen LogP) is 0.641. The van der Waals surface area contributed by atoms with Gasteiger partial charge in [0.05, 0.1) is 0 Å². The van der Waals surface area contributed by atoms with E-state index in [4.69, 9.17) is 5.11 Å². The number of rotatable bonds is 5. The molecule has 2 unspecified atom stereocenters. The third kappa shape index (κ3) is 3.23. The quantitative estimate of drug-likeness (QED) is 0.660. The molecule has 1 aliphatic rings. The zero-order valence-corrected chi connectivity index (χ0v) is 9.74. The molecule has 84 valence electrons. The topological polar surface area (TPSA) is 26.7 Å². The molecule has 1 N–H and O–H groups in total. The number of aliphatic hydroxyl groups is 1. The molecule has 2 atom stereocenters. The molecule has 0 spiro atoms. The lowest BCUT2D eigenvalue weighted by Crippen LogP contribution is -2.34. The molecule has 0 aromatic carbocycles. The second-order valence-electron chi connectivity index (χ2n) is 4.70. The van der Waals surface area contributed by atoms with E-state index in [2.05, 4.69) is 30.8 Å². The molecule has 0 aliphatic carbocycles. The van der Waals surface area contributed by atoms with Gasteiger partial charge < -0.3 is 14.9 Å². The summed E-state index contributed by atoms with van der Waals surface area (Å²) in [6.07, 6.45) is 2.07. The molecule has 1 aliphatic heterocycles. The summed E-state index contributed by atoms with van der Waals surface area (Å²) in [4.78, 5) is 4.85. The molecule has 14 heavy (non-hydrogen) atoms. The third-order valence-electron chi connectivity index (χ3n) is 3.19. The van der Waals surface area contributed by atoms with Crippen LogP contribution in [0.1, 0.15) is 19.8 Å². The van der Waals surface area contributed by atoms with Crippen molar-refractivity contribution in [1.29, 1.82) is 0 Å². The minimum atomic E-state index is 0.334. The van der Waals surface area contributed by atoms with E-state index in [1.54, 1.807) is 0 Å². The first-order valence-electron chi connectivity index (χ1n) is 5.64. The highest BCUT2D eigenvalue weighted by atomic mass is 16.2.